The van der Waals surface area contributed by atoms with Gasteiger partial charge in [0.1, 0.15) is 4.90 Å². The summed E-state index contributed by atoms with van der Waals surface area (Å²) < 4.78 is 53.5. The van der Waals surface area contributed by atoms with Gasteiger partial charge in [0.05, 0.1) is 10.1 Å². The molecule has 0 amide bonds. The van der Waals surface area contributed by atoms with Crippen LogP contribution in [0, 0.1) is 0 Å². The summed E-state index contributed by atoms with van der Waals surface area (Å²) in [5, 5.41) is -0.539. The Balaban J connectivity index is 1.63. The molecule has 3 heterocycles. The fourth-order valence-corrected chi connectivity index (χ4v) is 7.88. The Kier molecular flexibility index (Phi) is 4.37. The second-order valence-electron chi connectivity index (χ2n) is 6.86. The van der Waals surface area contributed by atoms with E-state index in [1.807, 2.05) is 0 Å². The molecule has 6 nitrogen and oxygen atoms in total. The second-order valence-corrected chi connectivity index (χ2v) is 10.9. The van der Waals surface area contributed by atoms with E-state index in [-0.39, 0.29) is 17.0 Å². The number of hydrogen-bond donors (Lipinski definition) is 0. The van der Waals surface area contributed by atoms with Crippen molar-refractivity contribution < 1.29 is 16.8 Å². The highest BCUT2D eigenvalue weighted by Gasteiger charge is 2.50. The molecule has 1 aromatic heterocycles. The number of hydrogen-bond acceptors (Lipinski definition) is 5. The fraction of sp³-hybridized carbons (Fsp3) is 0.389. The van der Waals surface area contributed by atoms with Crippen LogP contribution in [0.3, 0.4) is 0 Å². The predicted octanol–water partition coefficient (Wildman–Crippen LogP) is 2.24. The summed E-state index contributed by atoms with van der Waals surface area (Å²) in [6.07, 6.45) is 4.96. The number of fused-ring (bicyclic) bond motifs is 2. The minimum atomic E-state index is -3.66. The zero-order chi connectivity index (χ0) is 18.4. The number of benzene rings is 1. The first-order valence-corrected chi connectivity index (χ1v) is 11.6. The van der Waals surface area contributed by atoms with Crippen molar-refractivity contribution in [1.29, 1.82) is 0 Å². The number of nitrogens with zero attached hydrogens (tertiary/aromatic N) is 2. The van der Waals surface area contributed by atoms with Crippen LogP contribution in [0.5, 0.6) is 0 Å². The highest BCUT2D eigenvalue weighted by molar-refractivity contribution is 7.92. The standard InChI is InChI=1S/C18H20N2O4S2/c21-25(22,16-5-2-1-3-6-16)18-11-14-8-9-15(12-18)20(14)26(23,24)17-7-4-10-19-13-17/h1-7,10,13-15,18H,8-9,11-12H2/t14-,15+,18?. The Morgan fingerprint density at radius 3 is 2.04 bits per heavy atom. The molecule has 2 saturated heterocycles. The molecule has 0 spiro atoms. The zero-order valence-corrected chi connectivity index (χ0v) is 15.7. The third kappa shape index (κ3) is 2.86. The topological polar surface area (TPSA) is 84.4 Å². The summed E-state index contributed by atoms with van der Waals surface area (Å²) in [4.78, 5) is 4.39. The quantitative estimate of drug-likeness (QED) is 0.797. The molecule has 1 unspecified atom stereocenters. The van der Waals surface area contributed by atoms with Crippen LogP contribution in [0.2, 0.25) is 0 Å². The van der Waals surface area contributed by atoms with E-state index in [0.29, 0.717) is 30.6 Å². The summed E-state index contributed by atoms with van der Waals surface area (Å²) >= 11 is 0. The Bertz CT molecular complexity index is 978. The second kappa shape index (κ2) is 6.44. The molecule has 4 rings (SSSR count). The van der Waals surface area contributed by atoms with Crippen molar-refractivity contribution in [2.24, 2.45) is 0 Å². The molecule has 2 bridgehead atoms. The molecule has 26 heavy (non-hydrogen) atoms. The predicted molar refractivity (Wildman–Crippen MR) is 96.7 cm³/mol. The van der Waals surface area contributed by atoms with Gasteiger partial charge in [-0.05, 0) is 49.9 Å². The van der Waals surface area contributed by atoms with Gasteiger partial charge in [-0.15, -0.1) is 0 Å². The van der Waals surface area contributed by atoms with E-state index in [1.54, 1.807) is 36.4 Å². The lowest BCUT2D eigenvalue weighted by Gasteiger charge is -2.37. The van der Waals surface area contributed by atoms with Crippen LogP contribution in [0.15, 0.2) is 64.6 Å². The molecular formula is C18H20N2O4S2. The molecule has 0 aliphatic carbocycles. The number of pyridine rings is 1. The molecule has 138 valence electrons. The average Bonchev–Trinajstić information content (AvgIpc) is 2.94. The van der Waals surface area contributed by atoms with Gasteiger partial charge in [0.25, 0.3) is 0 Å². The Hall–Kier alpha value is -1.77. The molecule has 1 aromatic carbocycles. The first kappa shape index (κ1) is 17.6. The maximum absolute atomic E-state index is 13.0. The number of aromatic nitrogens is 1. The van der Waals surface area contributed by atoms with E-state index in [2.05, 4.69) is 4.98 Å². The summed E-state index contributed by atoms with van der Waals surface area (Å²) in [7, 11) is -7.11. The van der Waals surface area contributed by atoms with E-state index in [4.69, 9.17) is 0 Å². The molecule has 2 aliphatic rings. The molecule has 2 fully saturated rings. The van der Waals surface area contributed by atoms with Gasteiger partial charge in [-0.25, -0.2) is 16.8 Å². The van der Waals surface area contributed by atoms with E-state index < -0.39 is 25.1 Å². The molecule has 0 radical (unpaired) electrons. The van der Waals surface area contributed by atoms with E-state index >= 15 is 0 Å². The van der Waals surface area contributed by atoms with Gasteiger partial charge in [-0.3, -0.25) is 4.98 Å². The fourth-order valence-electron chi connectivity index (χ4n) is 4.15. The molecule has 0 saturated carbocycles. The molecule has 2 aliphatic heterocycles. The molecule has 0 N–H and O–H groups in total. The van der Waals surface area contributed by atoms with Gasteiger partial charge in [0.15, 0.2) is 9.84 Å². The number of rotatable bonds is 4. The van der Waals surface area contributed by atoms with Crippen molar-refractivity contribution in [3.8, 4) is 0 Å². The Morgan fingerprint density at radius 2 is 1.46 bits per heavy atom. The summed E-state index contributed by atoms with van der Waals surface area (Å²) in [5.74, 6) is 0. The number of piperidine rings is 1. The number of sulfonamides is 1. The monoisotopic (exact) mass is 392 g/mol. The van der Waals surface area contributed by atoms with Crippen LogP contribution in [-0.2, 0) is 19.9 Å². The van der Waals surface area contributed by atoms with E-state index in [1.165, 1.54) is 22.8 Å². The van der Waals surface area contributed by atoms with Crippen LogP contribution < -0.4 is 0 Å². The SMILES string of the molecule is O=S(=O)(c1ccccc1)C1C[C@H]2CC[C@@H](C1)N2S(=O)(=O)c1cccnc1. The van der Waals surface area contributed by atoms with Crippen LogP contribution >= 0.6 is 0 Å². The first-order valence-electron chi connectivity index (χ1n) is 8.63. The third-order valence-electron chi connectivity index (χ3n) is 5.34. The van der Waals surface area contributed by atoms with Crippen LogP contribution in [-0.4, -0.2) is 43.5 Å². The lowest BCUT2D eigenvalue weighted by atomic mass is 10.1. The van der Waals surface area contributed by atoms with Crippen LogP contribution in [0.4, 0.5) is 0 Å². The van der Waals surface area contributed by atoms with Crippen LogP contribution in [0.25, 0.3) is 0 Å². The van der Waals surface area contributed by atoms with Crippen molar-refractivity contribution in [2.45, 2.75) is 52.8 Å². The molecule has 8 heteroatoms. The van der Waals surface area contributed by atoms with Crippen molar-refractivity contribution in [3.05, 3.63) is 54.9 Å². The molecular weight excluding hydrogens is 372 g/mol. The highest BCUT2D eigenvalue weighted by atomic mass is 32.2. The van der Waals surface area contributed by atoms with Crippen molar-refractivity contribution in [1.82, 2.24) is 9.29 Å². The third-order valence-corrected chi connectivity index (χ3v) is 9.52. The Labute approximate surface area is 153 Å². The zero-order valence-electron chi connectivity index (χ0n) is 14.1. The van der Waals surface area contributed by atoms with E-state index in [9.17, 15) is 16.8 Å². The van der Waals surface area contributed by atoms with Gasteiger partial charge in [-0.1, -0.05) is 18.2 Å². The summed E-state index contributed by atoms with van der Waals surface area (Å²) in [6.45, 7) is 0. The van der Waals surface area contributed by atoms with E-state index in [0.717, 1.165) is 0 Å². The minimum Gasteiger partial charge on any atom is -0.263 e. The smallest absolute Gasteiger partial charge is 0.245 e. The maximum atomic E-state index is 13.0. The molecule has 3 atom stereocenters. The summed E-state index contributed by atoms with van der Waals surface area (Å²) in [6, 6.07) is 11.0. The van der Waals surface area contributed by atoms with Gasteiger partial charge in [0, 0.05) is 24.5 Å². The van der Waals surface area contributed by atoms with Gasteiger partial charge < -0.3 is 0 Å². The largest absolute Gasteiger partial charge is 0.263 e. The minimum absolute atomic E-state index is 0.168. The summed E-state index contributed by atoms with van der Waals surface area (Å²) in [5.41, 5.74) is 0. The number of sulfone groups is 1. The van der Waals surface area contributed by atoms with Gasteiger partial charge >= 0.3 is 0 Å². The van der Waals surface area contributed by atoms with Crippen molar-refractivity contribution in [3.63, 3.8) is 0 Å². The first-order chi connectivity index (χ1) is 12.4. The van der Waals surface area contributed by atoms with Crippen molar-refractivity contribution in [2.75, 3.05) is 0 Å². The maximum Gasteiger partial charge on any atom is 0.245 e. The average molecular weight is 393 g/mol. The highest BCUT2D eigenvalue weighted by Crippen LogP contribution is 2.42. The lowest BCUT2D eigenvalue weighted by molar-refractivity contribution is 0.249. The van der Waals surface area contributed by atoms with Gasteiger partial charge in [-0.2, -0.15) is 4.31 Å². The molecule has 2 aromatic rings. The van der Waals surface area contributed by atoms with Gasteiger partial charge in [0.2, 0.25) is 10.0 Å². The lowest BCUT2D eigenvalue weighted by Crippen LogP contribution is -2.49. The van der Waals surface area contributed by atoms with Crippen LogP contribution in [0.1, 0.15) is 25.7 Å². The van der Waals surface area contributed by atoms with Crippen molar-refractivity contribution >= 4 is 19.9 Å². The normalized spacial score (nSPS) is 26.7. The Morgan fingerprint density at radius 1 is 0.846 bits per heavy atom.